The van der Waals surface area contributed by atoms with Gasteiger partial charge in [0, 0.05) is 36.7 Å². The summed E-state index contributed by atoms with van der Waals surface area (Å²) in [4.78, 5) is 21.5. The third kappa shape index (κ3) is 4.27. The first-order chi connectivity index (χ1) is 15.0. The van der Waals surface area contributed by atoms with Crippen molar-refractivity contribution in [3.05, 3.63) is 64.6 Å². The summed E-state index contributed by atoms with van der Waals surface area (Å²) in [5, 5.41) is 6.42. The molecule has 1 saturated carbocycles. The van der Waals surface area contributed by atoms with Crippen LogP contribution >= 0.6 is 11.3 Å². The average molecular weight is 440 g/mol. The van der Waals surface area contributed by atoms with Crippen molar-refractivity contribution in [3.63, 3.8) is 0 Å². The second-order valence-corrected chi connectivity index (χ2v) is 9.56. The molecular formula is C23H26FN5OS. The van der Waals surface area contributed by atoms with Crippen LogP contribution in [-0.4, -0.2) is 50.6 Å². The number of benzene rings is 1. The van der Waals surface area contributed by atoms with Crippen molar-refractivity contribution in [1.82, 2.24) is 24.6 Å². The molecule has 0 N–H and O–H groups in total. The standard InChI is InChI=1S/C23H26FN5OS/c1-27(14-19-15-31-16-25-19)22(30)21-10-23(21)6-8-28(9-7-23)12-17-11-26-29(13-17)20-4-2-18(24)3-5-20/h2-5,11,13,15-16,21H,6-10,12,14H2,1H3/t21-/m1/s1. The van der Waals surface area contributed by atoms with Gasteiger partial charge in [0.2, 0.25) is 5.91 Å². The minimum absolute atomic E-state index is 0.166. The van der Waals surface area contributed by atoms with E-state index in [0.29, 0.717) is 6.54 Å². The van der Waals surface area contributed by atoms with E-state index in [4.69, 9.17) is 0 Å². The van der Waals surface area contributed by atoms with Crippen LogP contribution in [0.2, 0.25) is 0 Å². The molecule has 1 aliphatic carbocycles. The van der Waals surface area contributed by atoms with Gasteiger partial charge in [0.1, 0.15) is 5.82 Å². The molecule has 1 aliphatic heterocycles. The molecule has 1 spiro atoms. The molecule has 1 aromatic carbocycles. The Hall–Kier alpha value is -2.58. The highest BCUT2D eigenvalue weighted by molar-refractivity contribution is 7.07. The second-order valence-electron chi connectivity index (χ2n) is 8.84. The fraction of sp³-hybridized carbons (Fsp3) is 0.435. The van der Waals surface area contributed by atoms with E-state index in [1.165, 1.54) is 12.1 Å². The molecule has 0 radical (unpaired) electrons. The number of carbonyl (C=O) groups is 1. The highest BCUT2D eigenvalue weighted by atomic mass is 32.1. The van der Waals surface area contributed by atoms with Crippen LogP contribution in [0.5, 0.6) is 0 Å². The van der Waals surface area contributed by atoms with Gasteiger partial charge in [-0.15, -0.1) is 11.3 Å². The number of rotatable bonds is 6. The Kier molecular flexibility index (Phi) is 5.35. The predicted molar refractivity (Wildman–Crippen MR) is 117 cm³/mol. The third-order valence-electron chi connectivity index (χ3n) is 6.73. The summed E-state index contributed by atoms with van der Waals surface area (Å²) in [6.07, 6.45) is 7.04. The minimum atomic E-state index is -0.246. The highest BCUT2D eigenvalue weighted by Gasteiger charge is 2.58. The molecule has 1 atom stereocenters. The topological polar surface area (TPSA) is 54.3 Å². The number of piperidine rings is 1. The first-order valence-corrected chi connectivity index (χ1v) is 11.6. The zero-order valence-electron chi connectivity index (χ0n) is 17.6. The number of hydrogen-bond donors (Lipinski definition) is 0. The Morgan fingerprint density at radius 2 is 2.06 bits per heavy atom. The van der Waals surface area contributed by atoms with E-state index in [0.717, 1.165) is 55.8 Å². The van der Waals surface area contributed by atoms with Gasteiger partial charge in [-0.05, 0) is 62.0 Å². The monoisotopic (exact) mass is 439 g/mol. The van der Waals surface area contributed by atoms with Crippen LogP contribution in [0.4, 0.5) is 4.39 Å². The Morgan fingerprint density at radius 3 is 2.77 bits per heavy atom. The molecule has 6 nitrogen and oxygen atoms in total. The number of amides is 1. The van der Waals surface area contributed by atoms with Gasteiger partial charge in [-0.3, -0.25) is 9.69 Å². The molecule has 0 bridgehead atoms. The van der Waals surface area contributed by atoms with Gasteiger partial charge in [-0.1, -0.05) is 0 Å². The maximum Gasteiger partial charge on any atom is 0.226 e. The van der Waals surface area contributed by atoms with Crippen LogP contribution in [0.25, 0.3) is 5.69 Å². The summed E-state index contributed by atoms with van der Waals surface area (Å²) in [5.74, 6) is 0.186. The SMILES string of the molecule is CN(Cc1cscn1)C(=O)[C@H]1CC12CCN(Cc1cnn(-c3ccc(F)cc3)c1)CC2. The van der Waals surface area contributed by atoms with E-state index >= 15 is 0 Å². The van der Waals surface area contributed by atoms with E-state index in [1.807, 2.05) is 35.2 Å². The fourth-order valence-corrected chi connectivity index (χ4v) is 5.29. The molecule has 8 heteroatoms. The first-order valence-electron chi connectivity index (χ1n) is 10.7. The van der Waals surface area contributed by atoms with Crippen LogP contribution in [0.1, 0.15) is 30.5 Å². The molecule has 1 saturated heterocycles. The first kappa shape index (κ1) is 20.3. The Bertz CT molecular complexity index is 1040. The number of halogens is 1. The van der Waals surface area contributed by atoms with Crippen LogP contribution in [0.3, 0.4) is 0 Å². The molecule has 0 unspecified atom stereocenters. The largest absolute Gasteiger partial charge is 0.340 e. The Labute approximate surface area is 185 Å². The van der Waals surface area contributed by atoms with Crippen molar-refractivity contribution in [1.29, 1.82) is 0 Å². The normalized spacial score (nSPS) is 20.1. The van der Waals surface area contributed by atoms with E-state index in [2.05, 4.69) is 15.0 Å². The summed E-state index contributed by atoms with van der Waals surface area (Å²) >= 11 is 1.56. The van der Waals surface area contributed by atoms with Crippen LogP contribution in [0.15, 0.2) is 47.5 Å². The fourth-order valence-electron chi connectivity index (χ4n) is 4.74. The van der Waals surface area contributed by atoms with E-state index in [1.54, 1.807) is 28.2 Å². The van der Waals surface area contributed by atoms with Crippen molar-refractivity contribution >= 4 is 17.2 Å². The summed E-state index contributed by atoms with van der Waals surface area (Å²) in [6.45, 7) is 3.45. The lowest BCUT2D eigenvalue weighted by Gasteiger charge is -2.33. The maximum absolute atomic E-state index is 13.1. The van der Waals surface area contributed by atoms with Crippen molar-refractivity contribution in [2.75, 3.05) is 20.1 Å². The molecule has 3 aromatic rings. The van der Waals surface area contributed by atoms with Crippen molar-refractivity contribution in [2.45, 2.75) is 32.4 Å². The number of aromatic nitrogens is 3. The van der Waals surface area contributed by atoms with Gasteiger partial charge in [-0.25, -0.2) is 14.1 Å². The Balaban J connectivity index is 1.13. The Morgan fingerprint density at radius 1 is 1.29 bits per heavy atom. The number of likely N-dealkylation sites (tertiary alicyclic amines) is 1. The molecule has 162 valence electrons. The van der Waals surface area contributed by atoms with Gasteiger partial charge in [0.15, 0.2) is 0 Å². The molecule has 2 aliphatic rings. The summed E-state index contributed by atoms with van der Waals surface area (Å²) in [5.41, 5.74) is 4.97. The smallest absolute Gasteiger partial charge is 0.226 e. The van der Waals surface area contributed by atoms with Crippen LogP contribution in [0, 0.1) is 17.2 Å². The number of nitrogens with zero attached hydrogens (tertiary/aromatic N) is 5. The molecule has 31 heavy (non-hydrogen) atoms. The number of hydrogen-bond acceptors (Lipinski definition) is 5. The van der Waals surface area contributed by atoms with E-state index < -0.39 is 0 Å². The zero-order chi connectivity index (χ0) is 21.4. The van der Waals surface area contributed by atoms with Crippen LogP contribution in [-0.2, 0) is 17.9 Å². The van der Waals surface area contributed by atoms with Gasteiger partial charge >= 0.3 is 0 Å². The van der Waals surface area contributed by atoms with E-state index in [-0.39, 0.29) is 23.1 Å². The van der Waals surface area contributed by atoms with Crippen molar-refractivity contribution in [3.8, 4) is 5.69 Å². The molecule has 2 aromatic heterocycles. The molecule has 1 amide bonds. The van der Waals surface area contributed by atoms with Gasteiger partial charge in [0.05, 0.1) is 29.6 Å². The number of thiazole rings is 1. The van der Waals surface area contributed by atoms with Crippen molar-refractivity contribution in [2.24, 2.45) is 11.3 Å². The molecule has 5 rings (SSSR count). The predicted octanol–water partition coefficient (Wildman–Crippen LogP) is 3.73. The number of carbonyl (C=O) groups excluding carboxylic acids is 1. The lowest BCUT2D eigenvalue weighted by Crippen LogP contribution is -2.37. The zero-order valence-corrected chi connectivity index (χ0v) is 18.4. The van der Waals surface area contributed by atoms with Gasteiger partial charge in [-0.2, -0.15) is 5.10 Å². The van der Waals surface area contributed by atoms with Gasteiger partial charge < -0.3 is 4.90 Å². The molecule has 3 heterocycles. The third-order valence-corrected chi connectivity index (χ3v) is 7.37. The molecular weight excluding hydrogens is 413 g/mol. The van der Waals surface area contributed by atoms with Crippen LogP contribution < -0.4 is 0 Å². The maximum atomic E-state index is 13.1. The van der Waals surface area contributed by atoms with Gasteiger partial charge in [0.25, 0.3) is 0 Å². The minimum Gasteiger partial charge on any atom is -0.340 e. The molecule has 2 fully saturated rings. The average Bonchev–Trinajstić information content (AvgIpc) is 3.13. The summed E-state index contributed by atoms with van der Waals surface area (Å²) in [7, 11) is 1.89. The van der Waals surface area contributed by atoms with E-state index in [9.17, 15) is 9.18 Å². The highest BCUT2D eigenvalue weighted by Crippen LogP contribution is 2.60. The summed E-state index contributed by atoms with van der Waals surface area (Å²) < 4.78 is 14.9. The quantitative estimate of drug-likeness (QED) is 0.587. The lowest BCUT2D eigenvalue weighted by atomic mass is 9.90. The second kappa shape index (κ2) is 8.16. The van der Waals surface area contributed by atoms with Crippen molar-refractivity contribution < 1.29 is 9.18 Å². The lowest BCUT2D eigenvalue weighted by molar-refractivity contribution is -0.133. The summed E-state index contributed by atoms with van der Waals surface area (Å²) in [6, 6.07) is 6.35.